The van der Waals surface area contributed by atoms with Crippen LogP contribution >= 0.6 is 21.6 Å². The van der Waals surface area contributed by atoms with E-state index in [-0.39, 0.29) is 12.2 Å². The molecule has 2 atom stereocenters. The largest absolute Gasteiger partial charge is 0.486 e. The lowest BCUT2D eigenvalue weighted by molar-refractivity contribution is 0.0905. The number of hydrogen-bond acceptors (Lipinski definition) is 10. The molecule has 0 saturated heterocycles. The van der Waals surface area contributed by atoms with Gasteiger partial charge in [-0.25, -0.2) is 0 Å². The molecule has 0 aliphatic carbocycles. The third kappa shape index (κ3) is 14.5. The van der Waals surface area contributed by atoms with E-state index in [4.69, 9.17) is 18.9 Å². The highest BCUT2D eigenvalue weighted by Gasteiger charge is 2.20. The van der Waals surface area contributed by atoms with Crippen molar-refractivity contribution in [3.8, 4) is 23.0 Å². The quantitative estimate of drug-likeness (QED) is 0.0817. The lowest BCUT2D eigenvalue weighted by Gasteiger charge is -2.26. The molecule has 246 valence electrons. The van der Waals surface area contributed by atoms with Crippen molar-refractivity contribution in [3.05, 3.63) is 48.5 Å². The van der Waals surface area contributed by atoms with Gasteiger partial charge in [-0.1, -0.05) is 71.5 Å². The van der Waals surface area contributed by atoms with Gasteiger partial charge in [0.1, 0.15) is 25.4 Å². The molecule has 4 N–H and O–H groups in total. The number of para-hydroxylation sites is 4. The van der Waals surface area contributed by atoms with E-state index in [2.05, 4.69) is 21.3 Å². The van der Waals surface area contributed by atoms with Gasteiger partial charge in [0.15, 0.2) is 23.0 Å². The predicted molar refractivity (Wildman–Crippen MR) is 186 cm³/mol. The van der Waals surface area contributed by atoms with E-state index in [1.807, 2.05) is 70.1 Å². The number of hydrogen-bond donors (Lipinski definition) is 4. The molecule has 0 saturated carbocycles. The number of rotatable bonds is 25. The van der Waals surface area contributed by atoms with Gasteiger partial charge in [0, 0.05) is 37.7 Å². The van der Waals surface area contributed by atoms with Crippen molar-refractivity contribution < 1.29 is 18.9 Å². The van der Waals surface area contributed by atoms with E-state index >= 15 is 0 Å². The molecule has 0 aromatic heterocycles. The van der Waals surface area contributed by atoms with Crippen molar-refractivity contribution in [2.24, 2.45) is 0 Å². The van der Waals surface area contributed by atoms with E-state index in [1.54, 1.807) is 0 Å². The van der Waals surface area contributed by atoms with E-state index in [9.17, 15) is 0 Å². The second-order valence-corrected chi connectivity index (χ2v) is 14.1. The first kappa shape index (κ1) is 35.0. The van der Waals surface area contributed by atoms with Crippen LogP contribution in [0.2, 0.25) is 0 Å². The molecule has 2 unspecified atom stereocenters. The summed E-state index contributed by atoms with van der Waals surface area (Å²) in [7, 11) is 3.98. The highest BCUT2D eigenvalue weighted by atomic mass is 33.1. The minimum absolute atomic E-state index is 0.0972. The number of benzene rings is 2. The normalized spacial score (nSPS) is 17.1. The van der Waals surface area contributed by atoms with Crippen LogP contribution in [0, 0.1) is 0 Å². The van der Waals surface area contributed by atoms with Gasteiger partial charge in [-0.2, -0.15) is 0 Å². The summed E-state index contributed by atoms with van der Waals surface area (Å²) in [5, 5.41) is 14.2. The molecule has 0 bridgehead atoms. The summed E-state index contributed by atoms with van der Waals surface area (Å²) in [6.45, 7) is 9.45. The van der Waals surface area contributed by atoms with Crippen LogP contribution in [-0.4, -0.2) is 89.3 Å². The van der Waals surface area contributed by atoms with Crippen LogP contribution in [0.4, 0.5) is 0 Å². The standard InChI is InChI=1S/C34H54N4O4S2/c1(3-11-19-37-25-29-27-39-31-13-5-7-15-33(31)41-29)9-17-35-21-23-43-44-24-22-36-18-10-2-4-12-20-38-26-30-28-40-32-14-6-8-16-34(32)42-30/h5-8,13-16,29-30,35-38H,1-4,9-12,17-28H2. The SMILES string of the molecule is c1ccc2c(c1)OCC(CNCCCCCCNCCSSCCNCCCCCCNCC1COc3ccccc3O1)O2. The number of unbranched alkanes of at least 4 members (excludes halogenated alkanes) is 6. The Kier molecular flexibility index (Phi) is 18.0. The lowest BCUT2D eigenvalue weighted by Crippen LogP contribution is -2.38. The van der Waals surface area contributed by atoms with Crippen LogP contribution < -0.4 is 40.2 Å². The van der Waals surface area contributed by atoms with Gasteiger partial charge in [0.25, 0.3) is 0 Å². The van der Waals surface area contributed by atoms with Gasteiger partial charge in [0.2, 0.25) is 0 Å². The summed E-state index contributed by atoms with van der Waals surface area (Å²) in [6.07, 6.45) is 10.3. The fourth-order valence-corrected chi connectivity index (χ4v) is 7.05. The molecule has 0 fully saturated rings. The van der Waals surface area contributed by atoms with Crippen LogP contribution in [0.15, 0.2) is 48.5 Å². The van der Waals surface area contributed by atoms with Crippen molar-refractivity contribution in [3.63, 3.8) is 0 Å². The topological polar surface area (TPSA) is 85.0 Å². The Morgan fingerprint density at radius 3 is 1.30 bits per heavy atom. The number of ether oxygens (including phenoxy) is 4. The van der Waals surface area contributed by atoms with E-state index in [1.165, 1.54) is 62.9 Å². The molecule has 2 aliphatic heterocycles. The molecule has 0 radical (unpaired) electrons. The fourth-order valence-electron chi connectivity index (χ4n) is 5.16. The average Bonchev–Trinajstić information content (AvgIpc) is 3.06. The lowest BCUT2D eigenvalue weighted by atomic mass is 10.2. The monoisotopic (exact) mass is 646 g/mol. The Morgan fingerprint density at radius 2 is 0.864 bits per heavy atom. The minimum Gasteiger partial charge on any atom is -0.486 e. The molecule has 10 heteroatoms. The van der Waals surface area contributed by atoms with Crippen molar-refractivity contribution >= 4 is 21.6 Å². The van der Waals surface area contributed by atoms with E-state index < -0.39 is 0 Å². The summed E-state index contributed by atoms with van der Waals surface area (Å²) in [4.78, 5) is 0. The third-order valence-corrected chi connectivity index (χ3v) is 10.0. The van der Waals surface area contributed by atoms with Gasteiger partial charge >= 0.3 is 0 Å². The Balaban J connectivity index is 0.796. The van der Waals surface area contributed by atoms with Crippen LogP contribution in [0.5, 0.6) is 23.0 Å². The first-order valence-electron chi connectivity index (χ1n) is 16.7. The Bertz CT molecular complexity index is 941. The minimum atomic E-state index is 0.0972. The average molecular weight is 647 g/mol. The maximum absolute atomic E-state index is 5.99. The zero-order valence-electron chi connectivity index (χ0n) is 26.4. The molecule has 4 rings (SSSR count). The third-order valence-electron chi connectivity index (χ3n) is 7.60. The second kappa shape index (κ2) is 22.6. The van der Waals surface area contributed by atoms with Gasteiger partial charge in [-0.3, -0.25) is 0 Å². The summed E-state index contributed by atoms with van der Waals surface area (Å²) < 4.78 is 23.5. The first-order valence-corrected chi connectivity index (χ1v) is 19.2. The smallest absolute Gasteiger partial charge is 0.161 e. The van der Waals surface area contributed by atoms with E-state index in [0.717, 1.165) is 75.4 Å². The Labute approximate surface area is 273 Å². The molecule has 2 aromatic rings. The molecule has 2 heterocycles. The van der Waals surface area contributed by atoms with Gasteiger partial charge in [-0.05, 0) is 76.1 Å². The van der Waals surface area contributed by atoms with Crippen LogP contribution in [0.1, 0.15) is 51.4 Å². The molecule has 2 aliphatic rings. The second-order valence-electron chi connectivity index (χ2n) is 11.4. The van der Waals surface area contributed by atoms with Gasteiger partial charge < -0.3 is 40.2 Å². The first-order chi connectivity index (χ1) is 21.9. The highest BCUT2D eigenvalue weighted by Crippen LogP contribution is 2.31. The predicted octanol–water partition coefficient (Wildman–Crippen LogP) is 5.53. The fraction of sp³-hybridized carbons (Fsp3) is 0.647. The van der Waals surface area contributed by atoms with Gasteiger partial charge in [0.05, 0.1) is 0 Å². The molecule has 0 spiro atoms. The van der Waals surface area contributed by atoms with Crippen molar-refractivity contribution in [1.29, 1.82) is 0 Å². The molecule has 0 amide bonds. The summed E-state index contributed by atoms with van der Waals surface area (Å²) >= 11 is 0. The van der Waals surface area contributed by atoms with Crippen LogP contribution in [0.3, 0.4) is 0 Å². The van der Waals surface area contributed by atoms with Crippen molar-refractivity contribution in [2.45, 2.75) is 63.6 Å². The zero-order chi connectivity index (χ0) is 30.3. The summed E-state index contributed by atoms with van der Waals surface area (Å²) in [6, 6.07) is 15.8. The van der Waals surface area contributed by atoms with Crippen LogP contribution in [-0.2, 0) is 0 Å². The zero-order valence-corrected chi connectivity index (χ0v) is 28.0. The molecular weight excluding hydrogens is 593 g/mol. The number of fused-ring (bicyclic) bond motifs is 2. The molecule has 44 heavy (non-hydrogen) atoms. The highest BCUT2D eigenvalue weighted by molar-refractivity contribution is 8.76. The van der Waals surface area contributed by atoms with Crippen molar-refractivity contribution in [1.82, 2.24) is 21.3 Å². The maximum atomic E-state index is 5.99. The Hall–Kier alpha value is -1.82. The molecule has 8 nitrogen and oxygen atoms in total. The van der Waals surface area contributed by atoms with E-state index in [0.29, 0.717) is 13.2 Å². The Morgan fingerprint density at radius 1 is 0.477 bits per heavy atom. The molecule has 2 aromatic carbocycles. The van der Waals surface area contributed by atoms with Gasteiger partial charge in [-0.15, -0.1) is 0 Å². The summed E-state index contributed by atoms with van der Waals surface area (Å²) in [5.41, 5.74) is 0. The summed E-state index contributed by atoms with van der Waals surface area (Å²) in [5.74, 6) is 5.76. The van der Waals surface area contributed by atoms with Crippen molar-refractivity contribution in [2.75, 3.05) is 77.1 Å². The number of nitrogens with one attached hydrogen (secondary N) is 4. The van der Waals surface area contributed by atoms with Crippen LogP contribution in [0.25, 0.3) is 0 Å². The molecular formula is C34H54N4O4S2. The maximum Gasteiger partial charge on any atom is 0.161 e.